The second-order valence-corrected chi connectivity index (χ2v) is 4.86. The molecule has 3 heteroatoms. The second-order valence-electron chi connectivity index (χ2n) is 4.86. The zero-order valence-electron chi connectivity index (χ0n) is 11.5. The Hall–Kier alpha value is -2.03. The molecule has 2 aromatic carbocycles. The van der Waals surface area contributed by atoms with E-state index in [4.69, 9.17) is 0 Å². The van der Waals surface area contributed by atoms with E-state index >= 15 is 0 Å². The van der Waals surface area contributed by atoms with Crippen LogP contribution < -0.4 is 10.2 Å². The fourth-order valence-corrected chi connectivity index (χ4v) is 1.97. The Kier molecular flexibility index (Phi) is 4.05. The number of halogens is 1. The lowest BCUT2D eigenvalue weighted by atomic mass is 10.1. The van der Waals surface area contributed by atoms with Gasteiger partial charge in [0.05, 0.1) is 0 Å². The highest BCUT2D eigenvalue weighted by atomic mass is 19.1. The maximum atomic E-state index is 13.2. The molecule has 19 heavy (non-hydrogen) atoms. The number of nitrogens with one attached hydrogen (secondary N) is 1. The predicted octanol–water partition coefficient (Wildman–Crippen LogP) is 4.06. The van der Waals surface area contributed by atoms with Gasteiger partial charge in [0.1, 0.15) is 5.82 Å². The number of nitrogens with zero attached hydrogens (tertiary/aromatic N) is 1. The molecule has 100 valence electrons. The lowest BCUT2D eigenvalue weighted by molar-refractivity contribution is 0.623. The SMILES string of the molecule is CC(Nc1ccc(N(C)C)cc1)c1cccc(F)c1. The van der Waals surface area contributed by atoms with Crippen molar-refractivity contribution < 1.29 is 4.39 Å². The third-order valence-corrected chi connectivity index (χ3v) is 3.12. The van der Waals surface area contributed by atoms with E-state index in [0.717, 1.165) is 16.9 Å². The Labute approximate surface area is 113 Å². The minimum atomic E-state index is -0.200. The van der Waals surface area contributed by atoms with Gasteiger partial charge >= 0.3 is 0 Å². The molecular weight excluding hydrogens is 239 g/mol. The van der Waals surface area contributed by atoms with Gasteiger partial charge in [0.15, 0.2) is 0 Å². The van der Waals surface area contributed by atoms with Crippen LogP contribution in [0, 0.1) is 5.82 Å². The standard InChI is InChI=1S/C16H19FN2/c1-12(13-5-4-6-14(17)11-13)18-15-7-9-16(10-8-15)19(2)3/h4-12,18H,1-3H3. The van der Waals surface area contributed by atoms with Crippen LogP contribution in [0.1, 0.15) is 18.5 Å². The van der Waals surface area contributed by atoms with Crippen molar-refractivity contribution in [2.24, 2.45) is 0 Å². The molecular formula is C16H19FN2. The van der Waals surface area contributed by atoms with Gasteiger partial charge in [-0.05, 0) is 48.9 Å². The molecule has 1 unspecified atom stereocenters. The number of anilines is 2. The molecule has 0 aliphatic carbocycles. The zero-order valence-corrected chi connectivity index (χ0v) is 11.5. The molecule has 1 atom stereocenters. The summed E-state index contributed by atoms with van der Waals surface area (Å²) in [6, 6.07) is 14.9. The Balaban J connectivity index is 2.08. The summed E-state index contributed by atoms with van der Waals surface area (Å²) in [5.41, 5.74) is 3.13. The molecule has 0 aromatic heterocycles. The molecule has 0 fully saturated rings. The Bertz CT molecular complexity index is 535. The van der Waals surface area contributed by atoms with Gasteiger partial charge in [-0.15, -0.1) is 0 Å². The summed E-state index contributed by atoms with van der Waals surface area (Å²) in [5.74, 6) is -0.200. The van der Waals surface area contributed by atoms with Crippen LogP contribution in [0.25, 0.3) is 0 Å². The molecule has 1 N–H and O–H groups in total. The highest BCUT2D eigenvalue weighted by Gasteiger charge is 2.06. The minimum absolute atomic E-state index is 0.0703. The Morgan fingerprint density at radius 1 is 1.05 bits per heavy atom. The first-order valence-electron chi connectivity index (χ1n) is 6.35. The highest BCUT2D eigenvalue weighted by molar-refractivity contribution is 5.55. The van der Waals surface area contributed by atoms with Crippen molar-refractivity contribution in [3.63, 3.8) is 0 Å². The third kappa shape index (κ3) is 3.47. The molecule has 0 saturated carbocycles. The van der Waals surface area contributed by atoms with E-state index in [1.807, 2.05) is 39.2 Å². The third-order valence-electron chi connectivity index (χ3n) is 3.12. The van der Waals surface area contributed by atoms with E-state index in [2.05, 4.69) is 22.3 Å². The van der Waals surface area contributed by atoms with Crippen molar-refractivity contribution in [3.8, 4) is 0 Å². The van der Waals surface area contributed by atoms with Gasteiger partial charge < -0.3 is 10.2 Å². The van der Waals surface area contributed by atoms with Crippen LogP contribution in [0.15, 0.2) is 48.5 Å². The van der Waals surface area contributed by atoms with E-state index in [9.17, 15) is 4.39 Å². The summed E-state index contributed by atoms with van der Waals surface area (Å²) in [7, 11) is 4.02. The zero-order chi connectivity index (χ0) is 13.8. The molecule has 0 bridgehead atoms. The molecule has 0 radical (unpaired) electrons. The van der Waals surface area contributed by atoms with E-state index in [0.29, 0.717) is 0 Å². The molecule has 0 saturated heterocycles. The lowest BCUT2D eigenvalue weighted by Crippen LogP contribution is -2.09. The van der Waals surface area contributed by atoms with Crippen molar-refractivity contribution in [2.75, 3.05) is 24.3 Å². The maximum Gasteiger partial charge on any atom is 0.123 e. The first-order valence-corrected chi connectivity index (χ1v) is 6.35. The molecule has 0 spiro atoms. The molecule has 0 amide bonds. The van der Waals surface area contributed by atoms with E-state index in [1.54, 1.807) is 12.1 Å². The Morgan fingerprint density at radius 2 is 1.74 bits per heavy atom. The summed E-state index contributed by atoms with van der Waals surface area (Å²) in [4.78, 5) is 2.06. The average molecular weight is 258 g/mol. The average Bonchev–Trinajstić information content (AvgIpc) is 2.39. The monoisotopic (exact) mass is 258 g/mol. The number of rotatable bonds is 4. The first kappa shape index (κ1) is 13.4. The fraction of sp³-hybridized carbons (Fsp3) is 0.250. The molecule has 2 rings (SSSR count). The first-order chi connectivity index (χ1) is 9.06. The van der Waals surface area contributed by atoms with Crippen molar-refractivity contribution in [1.82, 2.24) is 0 Å². The summed E-state index contributed by atoms with van der Waals surface area (Å²) in [5, 5.41) is 3.37. The maximum absolute atomic E-state index is 13.2. The van der Waals surface area contributed by atoms with Crippen LogP contribution in [0.2, 0.25) is 0 Å². The number of hydrogen-bond acceptors (Lipinski definition) is 2. The molecule has 2 nitrogen and oxygen atoms in total. The van der Waals surface area contributed by atoms with Crippen LogP contribution in [0.5, 0.6) is 0 Å². The number of hydrogen-bond donors (Lipinski definition) is 1. The van der Waals surface area contributed by atoms with Gasteiger partial charge in [-0.25, -0.2) is 4.39 Å². The fourth-order valence-electron chi connectivity index (χ4n) is 1.97. The molecule has 0 heterocycles. The van der Waals surface area contributed by atoms with Gasteiger partial charge in [-0.1, -0.05) is 12.1 Å². The predicted molar refractivity (Wildman–Crippen MR) is 79.2 cm³/mol. The summed E-state index contributed by atoms with van der Waals surface area (Å²) in [6.45, 7) is 2.02. The summed E-state index contributed by atoms with van der Waals surface area (Å²) < 4.78 is 13.2. The summed E-state index contributed by atoms with van der Waals surface area (Å²) in [6.07, 6.45) is 0. The Morgan fingerprint density at radius 3 is 2.32 bits per heavy atom. The van der Waals surface area contributed by atoms with Crippen LogP contribution in [0.4, 0.5) is 15.8 Å². The van der Waals surface area contributed by atoms with E-state index < -0.39 is 0 Å². The normalized spacial score (nSPS) is 12.0. The van der Waals surface area contributed by atoms with Crippen LogP contribution >= 0.6 is 0 Å². The quantitative estimate of drug-likeness (QED) is 0.889. The van der Waals surface area contributed by atoms with Crippen molar-refractivity contribution >= 4 is 11.4 Å². The highest BCUT2D eigenvalue weighted by Crippen LogP contribution is 2.22. The largest absolute Gasteiger partial charge is 0.379 e. The van der Waals surface area contributed by atoms with Crippen molar-refractivity contribution in [3.05, 3.63) is 59.9 Å². The number of benzene rings is 2. The van der Waals surface area contributed by atoms with Gasteiger partial charge in [-0.3, -0.25) is 0 Å². The summed E-state index contributed by atoms with van der Waals surface area (Å²) >= 11 is 0. The van der Waals surface area contributed by atoms with E-state index in [1.165, 1.54) is 6.07 Å². The van der Waals surface area contributed by atoms with Crippen LogP contribution in [-0.2, 0) is 0 Å². The van der Waals surface area contributed by atoms with E-state index in [-0.39, 0.29) is 11.9 Å². The van der Waals surface area contributed by atoms with Crippen molar-refractivity contribution in [1.29, 1.82) is 0 Å². The van der Waals surface area contributed by atoms with Crippen LogP contribution in [-0.4, -0.2) is 14.1 Å². The lowest BCUT2D eigenvalue weighted by Gasteiger charge is -2.17. The molecule has 0 aliphatic heterocycles. The molecule has 0 aliphatic rings. The van der Waals surface area contributed by atoms with Crippen LogP contribution in [0.3, 0.4) is 0 Å². The van der Waals surface area contributed by atoms with Gasteiger partial charge in [0, 0.05) is 31.5 Å². The topological polar surface area (TPSA) is 15.3 Å². The minimum Gasteiger partial charge on any atom is -0.379 e. The van der Waals surface area contributed by atoms with Gasteiger partial charge in [0.25, 0.3) is 0 Å². The molecule has 2 aromatic rings. The second kappa shape index (κ2) is 5.74. The van der Waals surface area contributed by atoms with Gasteiger partial charge in [0.2, 0.25) is 0 Å². The van der Waals surface area contributed by atoms with Gasteiger partial charge in [-0.2, -0.15) is 0 Å². The van der Waals surface area contributed by atoms with Crippen molar-refractivity contribution in [2.45, 2.75) is 13.0 Å². The smallest absolute Gasteiger partial charge is 0.123 e.